The largest absolute Gasteiger partial charge is 0.496 e. The van der Waals surface area contributed by atoms with Gasteiger partial charge in [-0.15, -0.1) is 0 Å². The van der Waals surface area contributed by atoms with E-state index in [2.05, 4.69) is 44.0 Å². The van der Waals surface area contributed by atoms with Gasteiger partial charge in [0.05, 0.1) is 28.4 Å². The van der Waals surface area contributed by atoms with Crippen molar-refractivity contribution < 1.29 is 28.5 Å². The van der Waals surface area contributed by atoms with Crippen molar-refractivity contribution in [2.24, 2.45) is 0 Å². The average Bonchev–Trinajstić information content (AvgIpc) is 2.79. The number of fused-ring (bicyclic) bond motifs is 1. The summed E-state index contributed by atoms with van der Waals surface area (Å²) in [4.78, 5) is 25.9. The lowest BCUT2D eigenvalue weighted by molar-refractivity contribution is 0.0549. The van der Waals surface area contributed by atoms with Crippen LogP contribution in [0.4, 0.5) is 0 Å². The van der Waals surface area contributed by atoms with Crippen LogP contribution in [-0.2, 0) is 9.47 Å². The summed E-state index contributed by atoms with van der Waals surface area (Å²) >= 11 is 0. The summed E-state index contributed by atoms with van der Waals surface area (Å²) in [6, 6.07) is 10.3. The van der Waals surface area contributed by atoms with E-state index in [9.17, 15) is 9.59 Å². The molecule has 1 heterocycles. The van der Waals surface area contributed by atoms with Gasteiger partial charge in [-0.1, -0.05) is 67.4 Å². The number of benzene rings is 2. The molecule has 0 fully saturated rings. The van der Waals surface area contributed by atoms with Gasteiger partial charge in [0, 0.05) is 0 Å². The minimum absolute atomic E-state index is 0.0529. The molecule has 0 saturated carbocycles. The Balaban J connectivity index is 2.56. The van der Waals surface area contributed by atoms with Crippen molar-refractivity contribution in [2.75, 3.05) is 28.4 Å². The highest BCUT2D eigenvalue weighted by molar-refractivity contribution is 7.15. The molecule has 0 aliphatic carbocycles. The van der Waals surface area contributed by atoms with Crippen LogP contribution in [0.15, 0.2) is 36.0 Å². The number of methoxy groups -OCH3 is 4. The van der Waals surface area contributed by atoms with Crippen LogP contribution in [0.3, 0.4) is 0 Å². The zero-order valence-electron chi connectivity index (χ0n) is 19.9. The van der Waals surface area contributed by atoms with Gasteiger partial charge in [-0.25, -0.2) is 9.59 Å². The standard InChI is InChI=1S/C24H30O6Si2/c1-27-19-17(23(25)29-3)18(24(26)30-4)20(28-2)22-21(19)31(5,6)14-16(32(22,7)8)15-12-10-9-11-13-15/h9-14H,1-8H3. The fraction of sp³-hybridized carbons (Fsp3) is 0.333. The van der Waals surface area contributed by atoms with Gasteiger partial charge in [0.15, 0.2) is 0 Å². The maximum absolute atomic E-state index is 13.0. The van der Waals surface area contributed by atoms with E-state index < -0.39 is 28.1 Å². The van der Waals surface area contributed by atoms with Crippen LogP contribution < -0.4 is 19.8 Å². The van der Waals surface area contributed by atoms with Gasteiger partial charge in [-0.2, -0.15) is 0 Å². The molecule has 1 aliphatic heterocycles. The Morgan fingerprint density at radius 3 is 1.62 bits per heavy atom. The van der Waals surface area contributed by atoms with Gasteiger partial charge in [-0.05, 0) is 15.9 Å². The van der Waals surface area contributed by atoms with Gasteiger partial charge < -0.3 is 18.9 Å². The van der Waals surface area contributed by atoms with Crippen molar-refractivity contribution in [3.63, 3.8) is 0 Å². The number of hydrogen-bond donors (Lipinski definition) is 0. The molecule has 0 N–H and O–H groups in total. The summed E-state index contributed by atoms with van der Waals surface area (Å²) in [5.74, 6) is -0.561. The third-order valence-corrected chi connectivity index (χ3v) is 12.9. The molecule has 8 heteroatoms. The second-order valence-corrected chi connectivity index (χ2v) is 17.3. The maximum Gasteiger partial charge on any atom is 0.342 e. The van der Waals surface area contributed by atoms with Crippen LogP contribution in [-0.4, -0.2) is 56.5 Å². The van der Waals surface area contributed by atoms with Gasteiger partial charge in [0.1, 0.15) is 38.8 Å². The van der Waals surface area contributed by atoms with Gasteiger partial charge >= 0.3 is 11.9 Å². The highest BCUT2D eigenvalue weighted by atomic mass is 28.3. The molecule has 0 amide bonds. The van der Waals surface area contributed by atoms with Crippen molar-refractivity contribution in [3.8, 4) is 11.5 Å². The van der Waals surface area contributed by atoms with E-state index in [-0.39, 0.29) is 11.1 Å². The van der Waals surface area contributed by atoms with Crippen molar-refractivity contribution in [1.82, 2.24) is 0 Å². The third-order valence-electron chi connectivity index (χ3n) is 6.13. The number of carbonyl (C=O) groups is 2. The molecule has 0 radical (unpaired) electrons. The summed E-state index contributed by atoms with van der Waals surface area (Å²) in [6.07, 6.45) is 0. The van der Waals surface area contributed by atoms with Crippen molar-refractivity contribution in [1.29, 1.82) is 0 Å². The third kappa shape index (κ3) is 3.57. The zero-order valence-corrected chi connectivity index (χ0v) is 21.9. The van der Waals surface area contributed by atoms with Gasteiger partial charge in [0.2, 0.25) is 0 Å². The molecular formula is C24H30O6Si2. The van der Waals surface area contributed by atoms with Crippen LogP contribution in [0.1, 0.15) is 26.3 Å². The minimum Gasteiger partial charge on any atom is -0.496 e. The predicted octanol–water partition coefficient (Wildman–Crippen LogP) is 3.28. The summed E-state index contributed by atoms with van der Waals surface area (Å²) in [5.41, 5.74) is 3.65. The fourth-order valence-electron chi connectivity index (χ4n) is 4.73. The molecule has 2 aromatic carbocycles. The molecular weight excluding hydrogens is 440 g/mol. The maximum atomic E-state index is 13.0. The summed E-state index contributed by atoms with van der Waals surface area (Å²) in [6.45, 7) is 8.88. The van der Waals surface area contributed by atoms with Gasteiger partial charge in [-0.3, -0.25) is 0 Å². The summed E-state index contributed by atoms with van der Waals surface area (Å²) in [7, 11) is 0.887. The first-order valence-corrected chi connectivity index (χ1v) is 16.4. The predicted molar refractivity (Wildman–Crippen MR) is 131 cm³/mol. The fourth-order valence-corrected chi connectivity index (χ4v) is 14.5. The summed E-state index contributed by atoms with van der Waals surface area (Å²) in [5, 5.41) is 3.23. The Hall–Kier alpha value is -2.85. The van der Waals surface area contributed by atoms with E-state index >= 15 is 0 Å². The van der Waals surface area contributed by atoms with E-state index in [1.54, 1.807) is 0 Å². The molecule has 0 atom stereocenters. The van der Waals surface area contributed by atoms with Crippen molar-refractivity contribution >= 4 is 43.7 Å². The highest BCUT2D eigenvalue weighted by Crippen LogP contribution is 2.40. The molecule has 2 aromatic rings. The smallest absolute Gasteiger partial charge is 0.342 e. The van der Waals surface area contributed by atoms with E-state index in [4.69, 9.17) is 18.9 Å². The Kier molecular flexibility index (Phi) is 6.39. The zero-order chi connectivity index (χ0) is 23.8. The Labute approximate surface area is 191 Å². The quantitative estimate of drug-likeness (QED) is 0.493. The molecule has 32 heavy (non-hydrogen) atoms. The monoisotopic (exact) mass is 470 g/mol. The average molecular weight is 471 g/mol. The Morgan fingerprint density at radius 2 is 1.19 bits per heavy atom. The second kappa shape index (κ2) is 8.59. The van der Waals surface area contributed by atoms with E-state index in [0.717, 1.165) is 15.9 Å². The lowest BCUT2D eigenvalue weighted by Crippen LogP contribution is -2.64. The molecule has 3 rings (SSSR count). The second-order valence-electron chi connectivity index (χ2n) is 8.82. The molecule has 0 bridgehead atoms. The highest BCUT2D eigenvalue weighted by Gasteiger charge is 2.48. The topological polar surface area (TPSA) is 71.1 Å². The van der Waals surface area contributed by atoms with E-state index in [0.29, 0.717) is 11.5 Å². The number of carbonyl (C=O) groups excluding carboxylic acids is 2. The van der Waals surface area contributed by atoms with Crippen LogP contribution in [0.2, 0.25) is 26.2 Å². The van der Waals surface area contributed by atoms with Crippen LogP contribution >= 0.6 is 0 Å². The first-order chi connectivity index (χ1) is 15.1. The number of esters is 2. The molecule has 1 aliphatic rings. The number of rotatable bonds is 5. The lowest BCUT2D eigenvalue weighted by Gasteiger charge is -2.42. The molecule has 0 unspecified atom stereocenters. The van der Waals surface area contributed by atoms with Crippen LogP contribution in [0.25, 0.3) is 5.20 Å². The van der Waals surface area contributed by atoms with E-state index in [1.165, 1.54) is 33.6 Å². The van der Waals surface area contributed by atoms with Crippen molar-refractivity contribution in [3.05, 3.63) is 52.7 Å². The number of ether oxygens (including phenoxy) is 4. The molecule has 0 aromatic heterocycles. The first-order valence-electron chi connectivity index (χ1n) is 10.3. The van der Waals surface area contributed by atoms with Crippen LogP contribution in [0.5, 0.6) is 11.5 Å². The summed E-state index contributed by atoms with van der Waals surface area (Å²) < 4.78 is 21.8. The number of hydrogen-bond acceptors (Lipinski definition) is 6. The van der Waals surface area contributed by atoms with Gasteiger partial charge in [0.25, 0.3) is 0 Å². The molecule has 170 valence electrons. The normalized spacial score (nSPS) is 15.8. The molecule has 0 saturated heterocycles. The molecule has 6 nitrogen and oxygen atoms in total. The minimum atomic E-state index is -2.41. The first kappa shape index (κ1) is 23.8. The Morgan fingerprint density at radius 1 is 0.719 bits per heavy atom. The molecule has 0 spiro atoms. The lowest BCUT2D eigenvalue weighted by atomic mass is 10.0. The van der Waals surface area contributed by atoms with E-state index in [1.807, 2.05) is 18.2 Å². The van der Waals surface area contributed by atoms with Crippen molar-refractivity contribution in [2.45, 2.75) is 26.2 Å². The van der Waals surface area contributed by atoms with Crippen LogP contribution in [0, 0.1) is 0 Å². The SMILES string of the molecule is COC(=O)c1c(OC)c2c(c(OC)c1C(=O)OC)[Si](C)(C)C(c1ccccc1)=C[Si]2(C)C. The Bertz CT molecular complexity index is 1100.